The van der Waals surface area contributed by atoms with Crippen LogP contribution in [0.15, 0.2) is 48.9 Å². The van der Waals surface area contributed by atoms with Gasteiger partial charge in [0.1, 0.15) is 11.9 Å². The van der Waals surface area contributed by atoms with Crippen molar-refractivity contribution < 1.29 is 19.0 Å². The molecule has 8 heteroatoms. The molecule has 1 aromatic carbocycles. The van der Waals surface area contributed by atoms with Crippen molar-refractivity contribution in [3.63, 3.8) is 0 Å². The molecule has 188 valence electrons. The number of pyridine rings is 1. The molecule has 1 unspecified atom stereocenters. The number of carbonyl (C=O) groups is 1. The Hall–Kier alpha value is -3.00. The van der Waals surface area contributed by atoms with Crippen LogP contribution in [0.5, 0.6) is 5.75 Å². The standard InChI is InChI=1S/C27H35FN4O3/c1-35-22-6-8-26-24(18-22)23(9-12-29-26)25(28)7-5-20-10-16-31(19-21(20)17-27(33)34)13-2-3-14-32-15-4-11-30-32/h4,6,8-9,11-12,15,18,20-21,25H,2-3,5,7,10,13-14,16-17,19H2,1H3,(H,33,34)/t20-,21+,25?/m1/s1. The SMILES string of the molecule is COc1ccc2nccc(C(F)CC[C@@H]3CCN(CCCCn4cccn4)C[C@@H]3CC(=O)O)c2c1. The third-order valence-electron chi connectivity index (χ3n) is 7.19. The van der Waals surface area contributed by atoms with Crippen LogP contribution in [0.25, 0.3) is 10.9 Å². The number of unbranched alkanes of at least 4 members (excludes halogenated alkanes) is 1. The molecule has 0 saturated carbocycles. The fraction of sp³-hybridized carbons (Fsp3) is 0.519. The molecule has 1 fully saturated rings. The minimum absolute atomic E-state index is 0.0499. The van der Waals surface area contributed by atoms with Crippen LogP contribution in [-0.4, -0.2) is 57.5 Å². The largest absolute Gasteiger partial charge is 0.497 e. The Morgan fingerprint density at radius 1 is 1.23 bits per heavy atom. The first kappa shape index (κ1) is 25.1. The maximum atomic E-state index is 15.4. The Morgan fingerprint density at radius 2 is 2.09 bits per heavy atom. The quantitative estimate of drug-likeness (QED) is 0.361. The van der Waals surface area contributed by atoms with Crippen molar-refractivity contribution in [2.24, 2.45) is 11.8 Å². The van der Waals surface area contributed by atoms with Crippen molar-refractivity contribution >= 4 is 16.9 Å². The summed E-state index contributed by atoms with van der Waals surface area (Å²) >= 11 is 0. The van der Waals surface area contributed by atoms with E-state index in [0.29, 0.717) is 24.2 Å². The van der Waals surface area contributed by atoms with E-state index in [1.807, 2.05) is 35.1 Å². The van der Waals surface area contributed by atoms with Crippen LogP contribution >= 0.6 is 0 Å². The number of aromatic nitrogens is 3. The molecule has 1 aliphatic heterocycles. The predicted molar refractivity (Wildman–Crippen MR) is 133 cm³/mol. The van der Waals surface area contributed by atoms with Crippen LogP contribution in [0, 0.1) is 11.8 Å². The molecule has 0 radical (unpaired) electrons. The molecule has 0 amide bonds. The molecular weight excluding hydrogens is 447 g/mol. The highest BCUT2D eigenvalue weighted by atomic mass is 19.1. The number of aliphatic carboxylic acids is 1. The Labute approximate surface area is 205 Å². The summed E-state index contributed by atoms with van der Waals surface area (Å²) in [5.41, 5.74) is 1.37. The van der Waals surface area contributed by atoms with Gasteiger partial charge in [0.25, 0.3) is 0 Å². The number of likely N-dealkylation sites (tertiary alicyclic amines) is 1. The van der Waals surface area contributed by atoms with Crippen molar-refractivity contribution in [2.45, 2.75) is 51.2 Å². The predicted octanol–water partition coefficient (Wildman–Crippen LogP) is 5.12. The smallest absolute Gasteiger partial charge is 0.303 e. The highest BCUT2D eigenvalue weighted by Gasteiger charge is 2.31. The van der Waals surface area contributed by atoms with Gasteiger partial charge in [-0.15, -0.1) is 0 Å². The fourth-order valence-corrected chi connectivity index (χ4v) is 5.30. The normalized spacial score (nSPS) is 19.6. The summed E-state index contributed by atoms with van der Waals surface area (Å²) in [6.07, 6.45) is 8.48. The number of carboxylic acid groups (broad SMARTS) is 1. The highest BCUT2D eigenvalue weighted by molar-refractivity contribution is 5.83. The number of hydrogen-bond donors (Lipinski definition) is 1. The number of fused-ring (bicyclic) bond motifs is 1. The van der Waals surface area contributed by atoms with E-state index in [1.165, 1.54) is 0 Å². The zero-order chi connectivity index (χ0) is 24.6. The molecule has 3 heterocycles. The van der Waals surface area contributed by atoms with E-state index < -0.39 is 12.1 Å². The minimum atomic E-state index is -1.13. The Morgan fingerprint density at radius 3 is 2.86 bits per heavy atom. The van der Waals surface area contributed by atoms with Gasteiger partial charge >= 0.3 is 5.97 Å². The summed E-state index contributed by atoms with van der Waals surface area (Å²) < 4.78 is 22.7. The summed E-state index contributed by atoms with van der Waals surface area (Å²) in [4.78, 5) is 18.3. The highest BCUT2D eigenvalue weighted by Crippen LogP contribution is 2.36. The van der Waals surface area contributed by atoms with E-state index in [2.05, 4.69) is 15.0 Å². The topological polar surface area (TPSA) is 80.5 Å². The van der Waals surface area contributed by atoms with Crippen LogP contribution in [0.2, 0.25) is 0 Å². The molecule has 2 aromatic heterocycles. The number of benzene rings is 1. The zero-order valence-electron chi connectivity index (χ0n) is 20.4. The molecular formula is C27H35FN4O3. The number of carboxylic acids is 1. The molecule has 0 spiro atoms. The van der Waals surface area contributed by atoms with Crippen LogP contribution in [-0.2, 0) is 11.3 Å². The van der Waals surface area contributed by atoms with Gasteiger partial charge in [-0.05, 0) is 92.9 Å². The van der Waals surface area contributed by atoms with Gasteiger partial charge < -0.3 is 14.7 Å². The zero-order valence-corrected chi connectivity index (χ0v) is 20.4. The molecule has 0 aliphatic carbocycles. The van der Waals surface area contributed by atoms with E-state index in [0.717, 1.165) is 56.3 Å². The summed E-state index contributed by atoms with van der Waals surface area (Å²) in [6.45, 7) is 3.57. The minimum Gasteiger partial charge on any atom is -0.497 e. The van der Waals surface area contributed by atoms with Gasteiger partial charge in [-0.1, -0.05) is 0 Å². The van der Waals surface area contributed by atoms with Gasteiger partial charge in [0.2, 0.25) is 0 Å². The average Bonchev–Trinajstić information content (AvgIpc) is 3.38. The lowest BCUT2D eigenvalue weighted by atomic mass is 9.79. The second-order valence-corrected chi connectivity index (χ2v) is 9.51. The van der Waals surface area contributed by atoms with E-state index in [4.69, 9.17) is 4.74 Å². The third-order valence-corrected chi connectivity index (χ3v) is 7.19. The van der Waals surface area contributed by atoms with E-state index >= 15 is 4.39 Å². The molecule has 35 heavy (non-hydrogen) atoms. The molecule has 1 aliphatic rings. The van der Waals surface area contributed by atoms with Gasteiger partial charge in [-0.25, -0.2) is 4.39 Å². The summed E-state index contributed by atoms with van der Waals surface area (Å²) in [5, 5.41) is 14.5. The number of piperidine rings is 1. The number of alkyl halides is 1. The van der Waals surface area contributed by atoms with Gasteiger partial charge in [0.05, 0.1) is 12.6 Å². The second kappa shape index (κ2) is 12.1. The number of ether oxygens (including phenoxy) is 1. The lowest BCUT2D eigenvalue weighted by Crippen LogP contribution is -2.41. The molecule has 0 bridgehead atoms. The summed E-state index contributed by atoms with van der Waals surface area (Å²) in [7, 11) is 1.60. The van der Waals surface area contributed by atoms with Crippen molar-refractivity contribution in [3.05, 3.63) is 54.5 Å². The van der Waals surface area contributed by atoms with Crippen molar-refractivity contribution in [1.29, 1.82) is 0 Å². The van der Waals surface area contributed by atoms with Gasteiger partial charge in [-0.3, -0.25) is 14.5 Å². The monoisotopic (exact) mass is 482 g/mol. The molecule has 1 N–H and O–H groups in total. The average molecular weight is 483 g/mol. The van der Waals surface area contributed by atoms with E-state index in [9.17, 15) is 9.90 Å². The lowest BCUT2D eigenvalue weighted by molar-refractivity contribution is -0.139. The lowest BCUT2D eigenvalue weighted by Gasteiger charge is -2.38. The summed E-state index contributed by atoms with van der Waals surface area (Å²) in [6, 6.07) is 9.18. The van der Waals surface area contributed by atoms with Crippen LogP contribution < -0.4 is 4.74 Å². The summed E-state index contributed by atoms with van der Waals surface area (Å²) in [5.74, 6) is 0.170. The first-order valence-electron chi connectivity index (χ1n) is 12.5. The molecule has 3 aromatic rings. The Kier molecular flexibility index (Phi) is 8.69. The van der Waals surface area contributed by atoms with Crippen LogP contribution in [0.3, 0.4) is 0 Å². The van der Waals surface area contributed by atoms with Crippen molar-refractivity contribution in [3.8, 4) is 5.75 Å². The second-order valence-electron chi connectivity index (χ2n) is 9.51. The van der Waals surface area contributed by atoms with Gasteiger partial charge in [0.15, 0.2) is 0 Å². The number of nitrogens with zero attached hydrogens (tertiary/aromatic N) is 4. The van der Waals surface area contributed by atoms with Crippen LogP contribution in [0.1, 0.15) is 50.3 Å². The first-order valence-corrected chi connectivity index (χ1v) is 12.5. The number of aryl methyl sites for hydroxylation is 1. The number of methoxy groups -OCH3 is 1. The number of halogens is 1. The first-order chi connectivity index (χ1) is 17.0. The van der Waals surface area contributed by atoms with Crippen LogP contribution in [0.4, 0.5) is 4.39 Å². The van der Waals surface area contributed by atoms with Gasteiger partial charge in [0, 0.05) is 43.5 Å². The van der Waals surface area contributed by atoms with Gasteiger partial charge in [-0.2, -0.15) is 5.10 Å². The maximum Gasteiger partial charge on any atom is 0.303 e. The van der Waals surface area contributed by atoms with Crippen molar-refractivity contribution in [1.82, 2.24) is 19.7 Å². The fourth-order valence-electron chi connectivity index (χ4n) is 5.30. The molecule has 3 atom stereocenters. The molecule has 1 saturated heterocycles. The third kappa shape index (κ3) is 6.78. The number of hydrogen-bond acceptors (Lipinski definition) is 5. The molecule has 7 nitrogen and oxygen atoms in total. The Bertz CT molecular complexity index is 1090. The maximum absolute atomic E-state index is 15.4. The molecule has 4 rings (SSSR count). The number of rotatable bonds is 12. The Balaban J connectivity index is 1.32. The van der Waals surface area contributed by atoms with E-state index in [-0.39, 0.29) is 18.3 Å². The van der Waals surface area contributed by atoms with E-state index in [1.54, 1.807) is 25.6 Å². The van der Waals surface area contributed by atoms with Crippen molar-refractivity contribution in [2.75, 3.05) is 26.7 Å².